The first-order chi connectivity index (χ1) is 7.77. The molecule has 0 bridgehead atoms. The van der Waals surface area contributed by atoms with Gasteiger partial charge in [-0.1, -0.05) is 23.2 Å². The predicted octanol–water partition coefficient (Wildman–Crippen LogP) is 2.82. The Balaban J connectivity index is 2.08. The van der Waals surface area contributed by atoms with Crippen LogP contribution in [0.2, 0.25) is 10.2 Å². The Kier molecular flexibility index (Phi) is 3.38. The summed E-state index contributed by atoms with van der Waals surface area (Å²) in [4.78, 5) is 0. The Morgan fingerprint density at radius 1 is 1.44 bits per heavy atom. The second kappa shape index (κ2) is 4.96. The van der Waals surface area contributed by atoms with Crippen molar-refractivity contribution in [1.82, 2.24) is 10.2 Å². The molecule has 0 atom stereocenters. The van der Waals surface area contributed by atoms with Gasteiger partial charge in [-0.25, -0.2) is 0 Å². The minimum Gasteiger partial charge on any atom is -0.463 e. The Hall–Kier alpha value is -1.59. The van der Waals surface area contributed by atoms with Crippen LogP contribution in [-0.2, 0) is 0 Å². The van der Waals surface area contributed by atoms with Crippen molar-refractivity contribution in [2.75, 3.05) is 5.43 Å². The van der Waals surface area contributed by atoms with Crippen LogP contribution < -0.4 is 5.43 Å². The van der Waals surface area contributed by atoms with Gasteiger partial charge in [0.15, 0.2) is 5.15 Å². The van der Waals surface area contributed by atoms with Crippen LogP contribution >= 0.6 is 23.2 Å². The van der Waals surface area contributed by atoms with E-state index in [0.29, 0.717) is 11.4 Å². The van der Waals surface area contributed by atoms with E-state index in [4.69, 9.17) is 27.6 Å². The predicted molar refractivity (Wildman–Crippen MR) is 62.0 cm³/mol. The van der Waals surface area contributed by atoms with Gasteiger partial charge in [-0.15, -0.1) is 5.10 Å². The smallest absolute Gasteiger partial charge is 0.172 e. The van der Waals surface area contributed by atoms with Gasteiger partial charge in [-0.2, -0.15) is 10.2 Å². The minimum atomic E-state index is 0.125. The topological polar surface area (TPSA) is 63.3 Å². The molecule has 0 aliphatic carbocycles. The van der Waals surface area contributed by atoms with Crippen molar-refractivity contribution in [3.05, 3.63) is 40.5 Å². The van der Waals surface area contributed by atoms with E-state index in [1.165, 1.54) is 12.4 Å². The molecule has 0 aliphatic heterocycles. The molecule has 7 heteroatoms. The highest BCUT2D eigenvalue weighted by Gasteiger charge is 2.04. The zero-order valence-corrected chi connectivity index (χ0v) is 9.40. The molecule has 1 N–H and O–H groups in total. The van der Waals surface area contributed by atoms with E-state index in [1.54, 1.807) is 18.4 Å². The lowest BCUT2D eigenvalue weighted by atomic mass is 10.5. The quantitative estimate of drug-likeness (QED) is 0.678. The summed E-state index contributed by atoms with van der Waals surface area (Å²) in [6.45, 7) is 0. The van der Waals surface area contributed by atoms with Crippen LogP contribution in [0, 0.1) is 0 Å². The number of halogens is 2. The molecule has 0 aromatic carbocycles. The summed E-state index contributed by atoms with van der Waals surface area (Å²) in [6, 6.07) is 3.53. The number of anilines is 1. The molecule has 0 radical (unpaired) electrons. The number of furan rings is 1. The molecule has 0 fully saturated rings. The van der Waals surface area contributed by atoms with Crippen LogP contribution in [0.3, 0.4) is 0 Å². The number of aromatic nitrogens is 2. The van der Waals surface area contributed by atoms with Gasteiger partial charge in [0.25, 0.3) is 0 Å². The standard InChI is InChI=1S/C9H6Cl2N4O/c10-8-7(5-13-15-9(8)11)14-12-4-6-2-1-3-16-6/h1-5H,(H,14,15)/b12-4+. The fourth-order valence-corrected chi connectivity index (χ4v) is 1.23. The summed E-state index contributed by atoms with van der Waals surface area (Å²) < 4.78 is 5.05. The fourth-order valence-electron chi connectivity index (χ4n) is 0.957. The minimum absolute atomic E-state index is 0.125. The molecule has 5 nitrogen and oxygen atoms in total. The maximum atomic E-state index is 5.86. The maximum Gasteiger partial charge on any atom is 0.172 e. The molecule has 0 aliphatic rings. The van der Waals surface area contributed by atoms with E-state index in [1.807, 2.05) is 0 Å². The molecular formula is C9H6Cl2N4O. The van der Waals surface area contributed by atoms with Crippen molar-refractivity contribution in [3.8, 4) is 0 Å². The third kappa shape index (κ3) is 2.50. The highest BCUT2D eigenvalue weighted by Crippen LogP contribution is 2.26. The molecule has 16 heavy (non-hydrogen) atoms. The lowest BCUT2D eigenvalue weighted by Gasteiger charge is -2.01. The van der Waals surface area contributed by atoms with Gasteiger partial charge in [0.1, 0.15) is 10.8 Å². The summed E-state index contributed by atoms with van der Waals surface area (Å²) in [5, 5.41) is 11.5. The first-order valence-electron chi connectivity index (χ1n) is 4.26. The summed E-state index contributed by atoms with van der Waals surface area (Å²) in [6.07, 6.45) is 4.48. The summed E-state index contributed by atoms with van der Waals surface area (Å²) in [5.41, 5.74) is 3.16. The van der Waals surface area contributed by atoms with Crippen molar-refractivity contribution < 1.29 is 4.42 Å². The first kappa shape index (κ1) is 10.9. The van der Waals surface area contributed by atoms with Crippen molar-refractivity contribution >= 4 is 35.1 Å². The van der Waals surface area contributed by atoms with E-state index in [0.717, 1.165) is 0 Å². The number of nitrogens with zero attached hydrogens (tertiary/aromatic N) is 3. The fraction of sp³-hybridized carbons (Fsp3) is 0. The van der Waals surface area contributed by atoms with Gasteiger partial charge < -0.3 is 4.42 Å². The van der Waals surface area contributed by atoms with Gasteiger partial charge in [0.05, 0.1) is 24.4 Å². The summed E-state index contributed by atoms with van der Waals surface area (Å²) in [5.74, 6) is 0.622. The van der Waals surface area contributed by atoms with Crippen LogP contribution in [0.1, 0.15) is 5.76 Å². The SMILES string of the molecule is Clc1nncc(N/N=C/c2ccco2)c1Cl. The Morgan fingerprint density at radius 2 is 2.31 bits per heavy atom. The highest BCUT2D eigenvalue weighted by molar-refractivity contribution is 6.42. The normalized spacial score (nSPS) is 10.9. The van der Waals surface area contributed by atoms with Crippen molar-refractivity contribution in [3.63, 3.8) is 0 Å². The Morgan fingerprint density at radius 3 is 3.06 bits per heavy atom. The lowest BCUT2D eigenvalue weighted by molar-refractivity contribution is 0.560. The van der Waals surface area contributed by atoms with E-state index in [-0.39, 0.29) is 10.2 Å². The van der Waals surface area contributed by atoms with Crippen LogP contribution in [0.25, 0.3) is 0 Å². The largest absolute Gasteiger partial charge is 0.463 e. The number of hydrogen-bond donors (Lipinski definition) is 1. The molecule has 82 valence electrons. The van der Waals surface area contributed by atoms with Crippen molar-refractivity contribution in [2.45, 2.75) is 0 Å². The van der Waals surface area contributed by atoms with E-state index in [2.05, 4.69) is 20.7 Å². The molecular weight excluding hydrogens is 251 g/mol. The molecule has 2 heterocycles. The maximum absolute atomic E-state index is 5.86. The number of rotatable bonds is 3. The number of hydrogen-bond acceptors (Lipinski definition) is 5. The molecule has 0 saturated heterocycles. The highest BCUT2D eigenvalue weighted by atomic mass is 35.5. The molecule has 0 amide bonds. The average molecular weight is 257 g/mol. The van der Waals surface area contributed by atoms with Gasteiger partial charge in [0.2, 0.25) is 0 Å². The molecule has 0 spiro atoms. The third-order valence-electron chi connectivity index (χ3n) is 1.67. The van der Waals surface area contributed by atoms with Crippen molar-refractivity contribution in [2.24, 2.45) is 5.10 Å². The second-order valence-electron chi connectivity index (χ2n) is 2.75. The van der Waals surface area contributed by atoms with E-state index >= 15 is 0 Å². The lowest BCUT2D eigenvalue weighted by Crippen LogP contribution is -1.94. The van der Waals surface area contributed by atoms with Gasteiger partial charge >= 0.3 is 0 Å². The summed E-state index contributed by atoms with van der Waals surface area (Å²) in [7, 11) is 0. The van der Waals surface area contributed by atoms with Crippen LogP contribution in [0.4, 0.5) is 5.69 Å². The van der Waals surface area contributed by atoms with E-state index < -0.39 is 0 Å². The summed E-state index contributed by atoms with van der Waals surface area (Å²) >= 11 is 11.5. The Bertz CT molecular complexity index is 498. The van der Waals surface area contributed by atoms with Gasteiger partial charge in [-0.3, -0.25) is 5.43 Å². The average Bonchev–Trinajstić information content (AvgIpc) is 2.77. The van der Waals surface area contributed by atoms with Crippen LogP contribution in [-0.4, -0.2) is 16.4 Å². The second-order valence-corrected chi connectivity index (χ2v) is 3.48. The Labute approximate surface area is 101 Å². The van der Waals surface area contributed by atoms with Crippen LogP contribution in [0.5, 0.6) is 0 Å². The monoisotopic (exact) mass is 256 g/mol. The third-order valence-corrected chi connectivity index (χ3v) is 2.41. The zero-order valence-electron chi connectivity index (χ0n) is 7.89. The molecule has 0 unspecified atom stereocenters. The van der Waals surface area contributed by atoms with Crippen molar-refractivity contribution in [1.29, 1.82) is 0 Å². The van der Waals surface area contributed by atoms with Gasteiger partial charge in [-0.05, 0) is 12.1 Å². The van der Waals surface area contributed by atoms with Crippen LogP contribution in [0.15, 0.2) is 34.1 Å². The molecule has 2 aromatic rings. The first-order valence-corrected chi connectivity index (χ1v) is 5.02. The zero-order chi connectivity index (χ0) is 11.4. The molecule has 2 aromatic heterocycles. The molecule has 0 saturated carbocycles. The van der Waals surface area contributed by atoms with E-state index in [9.17, 15) is 0 Å². The van der Waals surface area contributed by atoms with Gasteiger partial charge in [0, 0.05) is 0 Å². The molecule has 2 rings (SSSR count). The number of hydrazone groups is 1. The number of nitrogens with one attached hydrogen (secondary N) is 1.